The van der Waals surface area contributed by atoms with Gasteiger partial charge < -0.3 is 5.32 Å². The molecule has 0 aliphatic heterocycles. The quantitative estimate of drug-likeness (QED) is 0.855. The fraction of sp³-hybridized carbons (Fsp3) is 0.308. The summed E-state index contributed by atoms with van der Waals surface area (Å²) in [5, 5.41) is 10.1. The van der Waals surface area contributed by atoms with E-state index in [4.69, 9.17) is 0 Å². The zero-order chi connectivity index (χ0) is 12.4. The third-order valence-electron chi connectivity index (χ3n) is 2.86. The molecule has 1 aromatic heterocycles. The SMILES string of the molecule is Cc1ccc(F)c(NCc2c(C)n[nH]c2C)c1. The van der Waals surface area contributed by atoms with Crippen molar-refractivity contribution in [2.45, 2.75) is 27.3 Å². The Hall–Kier alpha value is -1.84. The number of benzene rings is 1. The summed E-state index contributed by atoms with van der Waals surface area (Å²) >= 11 is 0. The molecule has 2 rings (SSSR count). The zero-order valence-electron chi connectivity index (χ0n) is 10.3. The molecule has 1 aromatic carbocycles. The van der Waals surface area contributed by atoms with Gasteiger partial charge in [0.1, 0.15) is 5.82 Å². The number of aromatic amines is 1. The van der Waals surface area contributed by atoms with E-state index >= 15 is 0 Å². The highest BCUT2D eigenvalue weighted by molar-refractivity contribution is 5.47. The van der Waals surface area contributed by atoms with Gasteiger partial charge in [-0.2, -0.15) is 5.10 Å². The molecular weight excluding hydrogens is 217 g/mol. The van der Waals surface area contributed by atoms with Gasteiger partial charge in [0.25, 0.3) is 0 Å². The Morgan fingerprint density at radius 2 is 2.06 bits per heavy atom. The number of halogens is 1. The Balaban J connectivity index is 2.15. The van der Waals surface area contributed by atoms with E-state index in [1.54, 1.807) is 12.1 Å². The highest BCUT2D eigenvalue weighted by atomic mass is 19.1. The van der Waals surface area contributed by atoms with E-state index in [-0.39, 0.29) is 5.82 Å². The summed E-state index contributed by atoms with van der Waals surface area (Å²) in [6.45, 7) is 6.42. The minimum Gasteiger partial charge on any atom is -0.378 e. The van der Waals surface area contributed by atoms with Crippen molar-refractivity contribution in [3.8, 4) is 0 Å². The highest BCUT2D eigenvalue weighted by Crippen LogP contribution is 2.18. The second-order valence-corrected chi connectivity index (χ2v) is 4.25. The summed E-state index contributed by atoms with van der Waals surface area (Å²) in [4.78, 5) is 0. The first-order chi connectivity index (χ1) is 8.08. The number of nitrogens with zero attached hydrogens (tertiary/aromatic N) is 1. The van der Waals surface area contributed by atoms with Crippen LogP contribution in [-0.4, -0.2) is 10.2 Å². The number of nitrogens with one attached hydrogen (secondary N) is 2. The topological polar surface area (TPSA) is 40.7 Å². The molecule has 0 saturated heterocycles. The molecule has 90 valence electrons. The van der Waals surface area contributed by atoms with Gasteiger partial charge in [0.2, 0.25) is 0 Å². The van der Waals surface area contributed by atoms with Gasteiger partial charge in [-0.1, -0.05) is 6.07 Å². The maximum absolute atomic E-state index is 13.5. The lowest BCUT2D eigenvalue weighted by molar-refractivity contribution is 0.629. The smallest absolute Gasteiger partial charge is 0.146 e. The Kier molecular flexibility index (Phi) is 3.13. The van der Waals surface area contributed by atoms with Gasteiger partial charge in [-0.05, 0) is 38.5 Å². The van der Waals surface area contributed by atoms with Crippen molar-refractivity contribution in [1.29, 1.82) is 0 Å². The fourth-order valence-corrected chi connectivity index (χ4v) is 1.79. The molecule has 2 aromatic rings. The molecule has 0 fully saturated rings. The second-order valence-electron chi connectivity index (χ2n) is 4.25. The lowest BCUT2D eigenvalue weighted by atomic mass is 10.1. The monoisotopic (exact) mass is 233 g/mol. The summed E-state index contributed by atoms with van der Waals surface area (Å²) < 4.78 is 13.5. The van der Waals surface area contributed by atoms with Crippen LogP contribution < -0.4 is 5.32 Å². The van der Waals surface area contributed by atoms with Gasteiger partial charge in [0, 0.05) is 17.8 Å². The van der Waals surface area contributed by atoms with Crippen LogP contribution in [-0.2, 0) is 6.54 Å². The predicted molar refractivity (Wildman–Crippen MR) is 66.5 cm³/mol. The van der Waals surface area contributed by atoms with Crippen molar-refractivity contribution < 1.29 is 4.39 Å². The molecule has 0 aliphatic rings. The third-order valence-corrected chi connectivity index (χ3v) is 2.86. The number of rotatable bonds is 3. The van der Waals surface area contributed by atoms with Crippen LogP contribution in [0.15, 0.2) is 18.2 Å². The minimum absolute atomic E-state index is 0.227. The molecule has 0 bridgehead atoms. The number of hydrogen-bond acceptors (Lipinski definition) is 2. The standard InChI is InChI=1S/C13H16FN3/c1-8-4-5-12(14)13(6-8)15-7-11-9(2)16-17-10(11)3/h4-6,15H,7H2,1-3H3,(H,16,17). The molecule has 0 spiro atoms. The Morgan fingerprint density at radius 1 is 1.29 bits per heavy atom. The molecule has 0 saturated carbocycles. The largest absolute Gasteiger partial charge is 0.378 e. The maximum atomic E-state index is 13.5. The Bertz CT molecular complexity index is 512. The molecule has 1 heterocycles. The van der Waals surface area contributed by atoms with Crippen LogP contribution in [0.25, 0.3) is 0 Å². The van der Waals surface area contributed by atoms with Crippen molar-refractivity contribution in [2.75, 3.05) is 5.32 Å². The third kappa shape index (κ3) is 2.46. The molecule has 0 unspecified atom stereocenters. The number of aromatic nitrogens is 2. The molecule has 3 nitrogen and oxygen atoms in total. The molecule has 4 heteroatoms. The van der Waals surface area contributed by atoms with Gasteiger partial charge in [-0.15, -0.1) is 0 Å². The normalized spacial score (nSPS) is 10.6. The average Bonchev–Trinajstić information content (AvgIpc) is 2.61. The summed E-state index contributed by atoms with van der Waals surface area (Å²) in [7, 11) is 0. The predicted octanol–water partition coefficient (Wildman–Crippen LogP) is 3.09. The van der Waals surface area contributed by atoms with Crippen LogP contribution in [0.4, 0.5) is 10.1 Å². The van der Waals surface area contributed by atoms with E-state index in [1.165, 1.54) is 6.07 Å². The first-order valence-electron chi connectivity index (χ1n) is 5.58. The molecule has 0 amide bonds. The lowest BCUT2D eigenvalue weighted by Crippen LogP contribution is -2.03. The summed E-state index contributed by atoms with van der Waals surface area (Å²) in [6, 6.07) is 5.04. The van der Waals surface area contributed by atoms with E-state index in [9.17, 15) is 4.39 Å². The summed E-state index contributed by atoms with van der Waals surface area (Å²) in [5.41, 5.74) is 4.62. The molecule has 0 radical (unpaired) electrons. The molecule has 0 atom stereocenters. The minimum atomic E-state index is -0.227. The number of anilines is 1. The van der Waals surface area contributed by atoms with Crippen LogP contribution in [0.2, 0.25) is 0 Å². The maximum Gasteiger partial charge on any atom is 0.146 e. The van der Waals surface area contributed by atoms with Gasteiger partial charge in [0.15, 0.2) is 0 Å². The van der Waals surface area contributed by atoms with Gasteiger partial charge >= 0.3 is 0 Å². The van der Waals surface area contributed by atoms with E-state index < -0.39 is 0 Å². The average molecular weight is 233 g/mol. The zero-order valence-corrected chi connectivity index (χ0v) is 10.3. The van der Waals surface area contributed by atoms with Crippen LogP contribution in [0.1, 0.15) is 22.5 Å². The Morgan fingerprint density at radius 3 is 2.71 bits per heavy atom. The van der Waals surface area contributed by atoms with Crippen molar-refractivity contribution in [3.05, 3.63) is 46.5 Å². The van der Waals surface area contributed by atoms with Gasteiger partial charge in [0.05, 0.1) is 11.4 Å². The summed E-state index contributed by atoms with van der Waals surface area (Å²) in [6.07, 6.45) is 0. The van der Waals surface area contributed by atoms with Crippen molar-refractivity contribution in [3.63, 3.8) is 0 Å². The van der Waals surface area contributed by atoms with Crippen LogP contribution >= 0.6 is 0 Å². The van der Waals surface area contributed by atoms with Crippen LogP contribution in [0.5, 0.6) is 0 Å². The van der Waals surface area contributed by atoms with E-state index in [0.717, 1.165) is 22.5 Å². The summed E-state index contributed by atoms with van der Waals surface area (Å²) in [5.74, 6) is -0.227. The number of hydrogen-bond donors (Lipinski definition) is 2. The fourth-order valence-electron chi connectivity index (χ4n) is 1.79. The first kappa shape index (κ1) is 11.6. The van der Waals surface area contributed by atoms with Gasteiger partial charge in [-0.3, -0.25) is 5.10 Å². The lowest BCUT2D eigenvalue weighted by Gasteiger charge is -2.08. The number of H-pyrrole nitrogens is 1. The molecule has 2 N–H and O–H groups in total. The van der Waals surface area contributed by atoms with Crippen LogP contribution in [0, 0.1) is 26.6 Å². The van der Waals surface area contributed by atoms with E-state index in [0.29, 0.717) is 12.2 Å². The van der Waals surface area contributed by atoms with Crippen molar-refractivity contribution in [1.82, 2.24) is 10.2 Å². The molecular formula is C13H16FN3. The highest BCUT2D eigenvalue weighted by Gasteiger charge is 2.07. The van der Waals surface area contributed by atoms with Gasteiger partial charge in [-0.25, -0.2) is 4.39 Å². The van der Waals surface area contributed by atoms with Crippen LogP contribution in [0.3, 0.4) is 0 Å². The molecule has 0 aliphatic carbocycles. The second kappa shape index (κ2) is 4.57. The van der Waals surface area contributed by atoms with Crippen molar-refractivity contribution in [2.24, 2.45) is 0 Å². The molecule has 17 heavy (non-hydrogen) atoms. The Labute approximate surface area is 100 Å². The van der Waals surface area contributed by atoms with E-state index in [2.05, 4.69) is 15.5 Å². The van der Waals surface area contributed by atoms with Crippen molar-refractivity contribution >= 4 is 5.69 Å². The van der Waals surface area contributed by atoms with E-state index in [1.807, 2.05) is 20.8 Å². The number of aryl methyl sites for hydroxylation is 3. The first-order valence-corrected chi connectivity index (χ1v) is 5.58.